The number of fused-ring (bicyclic) bond motifs is 2. The summed E-state index contributed by atoms with van der Waals surface area (Å²) in [6.45, 7) is 0.783. The first-order valence-corrected chi connectivity index (χ1v) is 10.3. The van der Waals surface area contributed by atoms with Gasteiger partial charge in [0, 0.05) is 40.2 Å². The summed E-state index contributed by atoms with van der Waals surface area (Å²) < 4.78 is 0. The van der Waals surface area contributed by atoms with Gasteiger partial charge in [-0.1, -0.05) is 24.3 Å². The standard InChI is InChI=1S/C18H18N2OS.C4H4O4/c21-16-9-3-8-15-17(16)18(19-11-12-5-4-10-22-12)13-6-1-2-7-14(13)20-15;5-3(6)1-2-4(7)8/h1-2,4-7,10,16,21H,3,8-9,11H2,(H,19,20);1-2H,(H,5,6)(H,7,8)/b;2-1+. The van der Waals surface area contributed by atoms with E-state index in [0.717, 1.165) is 53.7 Å². The van der Waals surface area contributed by atoms with Crippen LogP contribution in [0.25, 0.3) is 10.9 Å². The van der Waals surface area contributed by atoms with E-state index in [2.05, 4.69) is 28.9 Å². The van der Waals surface area contributed by atoms with Crippen molar-refractivity contribution in [2.45, 2.75) is 31.9 Å². The molecule has 1 atom stereocenters. The van der Waals surface area contributed by atoms with Crippen LogP contribution in [0.5, 0.6) is 0 Å². The van der Waals surface area contributed by atoms with Gasteiger partial charge in [-0.2, -0.15) is 0 Å². The van der Waals surface area contributed by atoms with E-state index in [0.29, 0.717) is 12.2 Å². The number of aliphatic carboxylic acids is 2. The molecule has 4 rings (SSSR count). The highest BCUT2D eigenvalue weighted by Gasteiger charge is 2.24. The summed E-state index contributed by atoms with van der Waals surface area (Å²) in [6.07, 6.45) is 3.48. The zero-order valence-electron chi connectivity index (χ0n) is 16.1. The number of anilines is 1. The van der Waals surface area contributed by atoms with Crippen LogP contribution in [0.3, 0.4) is 0 Å². The summed E-state index contributed by atoms with van der Waals surface area (Å²) in [4.78, 5) is 25.2. The number of thiophene rings is 1. The molecule has 0 aliphatic heterocycles. The molecule has 1 unspecified atom stereocenters. The summed E-state index contributed by atoms with van der Waals surface area (Å²) in [5.74, 6) is -2.51. The molecule has 8 heteroatoms. The van der Waals surface area contributed by atoms with Crippen LogP contribution >= 0.6 is 11.3 Å². The number of para-hydroxylation sites is 1. The van der Waals surface area contributed by atoms with Crippen LogP contribution in [-0.2, 0) is 22.6 Å². The van der Waals surface area contributed by atoms with Crippen molar-refractivity contribution in [1.82, 2.24) is 4.98 Å². The first-order chi connectivity index (χ1) is 14.5. The lowest BCUT2D eigenvalue weighted by Crippen LogP contribution is -2.15. The Hall–Kier alpha value is -3.23. The molecule has 0 bridgehead atoms. The minimum absolute atomic E-state index is 0.410. The Morgan fingerprint density at radius 1 is 1.13 bits per heavy atom. The minimum atomic E-state index is -1.26. The maximum absolute atomic E-state index is 10.5. The van der Waals surface area contributed by atoms with E-state index in [-0.39, 0.29) is 0 Å². The lowest BCUT2D eigenvalue weighted by Gasteiger charge is -2.25. The van der Waals surface area contributed by atoms with Crippen LogP contribution < -0.4 is 5.32 Å². The molecule has 30 heavy (non-hydrogen) atoms. The number of aliphatic hydroxyl groups is 1. The van der Waals surface area contributed by atoms with Crippen molar-refractivity contribution in [1.29, 1.82) is 0 Å². The molecule has 2 heterocycles. The molecule has 7 nitrogen and oxygen atoms in total. The number of aliphatic hydroxyl groups excluding tert-OH is 1. The van der Waals surface area contributed by atoms with Gasteiger partial charge < -0.3 is 20.6 Å². The van der Waals surface area contributed by atoms with Gasteiger partial charge in [0.25, 0.3) is 0 Å². The lowest BCUT2D eigenvalue weighted by atomic mass is 9.90. The van der Waals surface area contributed by atoms with Crippen LogP contribution in [0.1, 0.15) is 35.1 Å². The van der Waals surface area contributed by atoms with Gasteiger partial charge in [0.1, 0.15) is 0 Å². The van der Waals surface area contributed by atoms with Gasteiger partial charge in [-0.05, 0) is 36.8 Å². The third kappa shape index (κ3) is 5.43. The van der Waals surface area contributed by atoms with E-state index < -0.39 is 18.0 Å². The molecule has 0 spiro atoms. The zero-order valence-corrected chi connectivity index (χ0v) is 16.9. The van der Waals surface area contributed by atoms with Crippen molar-refractivity contribution in [3.8, 4) is 0 Å². The number of hydrogen-bond donors (Lipinski definition) is 4. The number of rotatable bonds is 5. The first kappa shape index (κ1) is 21.5. The fourth-order valence-corrected chi connectivity index (χ4v) is 4.00. The maximum atomic E-state index is 10.5. The zero-order chi connectivity index (χ0) is 21.5. The fourth-order valence-electron chi connectivity index (χ4n) is 3.36. The Morgan fingerprint density at radius 3 is 2.53 bits per heavy atom. The van der Waals surface area contributed by atoms with Crippen molar-refractivity contribution in [2.75, 3.05) is 5.32 Å². The Morgan fingerprint density at radius 2 is 1.87 bits per heavy atom. The quantitative estimate of drug-likeness (QED) is 0.455. The van der Waals surface area contributed by atoms with Crippen LogP contribution in [0.15, 0.2) is 53.9 Å². The smallest absolute Gasteiger partial charge is 0.328 e. The molecule has 4 N–H and O–H groups in total. The number of hydrogen-bond acceptors (Lipinski definition) is 6. The van der Waals surface area contributed by atoms with Gasteiger partial charge >= 0.3 is 11.9 Å². The molecular formula is C22H22N2O5S. The van der Waals surface area contributed by atoms with Crippen molar-refractivity contribution in [2.24, 2.45) is 0 Å². The molecule has 3 aromatic rings. The summed E-state index contributed by atoms with van der Waals surface area (Å²) in [5.41, 5.74) is 4.11. The summed E-state index contributed by atoms with van der Waals surface area (Å²) in [5, 5.41) is 32.9. The number of carboxylic acid groups (broad SMARTS) is 2. The Kier molecular flexibility index (Phi) is 7.16. The van der Waals surface area contributed by atoms with E-state index in [9.17, 15) is 14.7 Å². The molecule has 0 saturated carbocycles. The molecule has 1 aliphatic carbocycles. The molecule has 156 valence electrons. The Bertz CT molecular complexity index is 1050. The number of aryl methyl sites for hydroxylation is 1. The second-order valence-corrected chi connectivity index (χ2v) is 7.75. The van der Waals surface area contributed by atoms with Gasteiger partial charge in [0.05, 0.1) is 17.3 Å². The first-order valence-electron chi connectivity index (χ1n) is 9.45. The fraction of sp³-hybridized carbons (Fsp3) is 0.227. The van der Waals surface area contributed by atoms with Crippen molar-refractivity contribution in [3.63, 3.8) is 0 Å². The molecular weight excluding hydrogens is 404 g/mol. The van der Waals surface area contributed by atoms with Crippen molar-refractivity contribution in [3.05, 3.63) is 70.1 Å². The van der Waals surface area contributed by atoms with Gasteiger partial charge in [-0.3, -0.25) is 4.98 Å². The van der Waals surface area contributed by atoms with Crippen LogP contribution in [-0.4, -0.2) is 32.2 Å². The number of carboxylic acids is 2. The van der Waals surface area contributed by atoms with Crippen molar-refractivity contribution < 1.29 is 24.9 Å². The van der Waals surface area contributed by atoms with Gasteiger partial charge in [0.2, 0.25) is 0 Å². The lowest BCUT2D eigenvalue weighted by molar-refractivity contribution is -0.134. The number of nitrogens with one attached hydrogen (secondary N) is 1. The van der Waals surface area contributed by atoms with E-state index in [1.165, 1.54) is 4.88 Å². The van der Waals surface area contributed by atoms with Gasteiger partial charge in [-0.15, -0.1) is 11.3 Å². The predicted octanol–water partition coefficient (Wildman–Crippen LogP) is 3.99. The second kappa shape index (κ2) is 10.00. The van der Waals surface area contributed by atoms with E-state index in [4.69, 9.17) is 15.2 Å². The molecule has 0 amide bonds. The number of nitrogens with zero attached hydrogens (tertiary/aromatic N) is 1. The SMILES string of the molecule is O=C(O)/C=C/C(=O)O.OC1CCCc2nc3ccccc3c(NCc3cccs3)c21. The highest BCUT2D eigenvalue weighted by atomic mass is 32.1. The third-order valence-electron chi connectivity index (χ3n) is 4.62. The highest BCUT2D eigenvalue weighted by Crippen LogP contribution is 2.38. The largest absolute Gasteiger partial charge is 0.478 e. The molecule has 1 aromatic carbocycles. The minimum Gasteiger partial charge on any atom is -0.478 e. The number of carbonyl (C=O) groups is 2. The average Bonchev–Trinajstić information content (AvgIpc) is 3.24. The van der Waals surface area contributed by atoms with Gasteiger partial charge in [-0.25, -0.2) is 9.59 Å². The number of pyridine rings is 1. The molecule has 0 fully saturated rings. The van der Waals surface area contributed by atoms with Crippen LogP contribution in [0, 0.1) is 0 Å². The Balaban J connectivity index is 0.000000275. The second-order valence-electron chi connectivity index (χ2n) is 6.72. The number of benzene rings is 1. The Labute approximate surface area is 177 Å². The summed E-state index contributed by atoms with van der Waals surface area (Å²) >= 11 is 1.75. The molecule has 0 radical (unpaired) electrons. The maximum Gasteiger partial charge on any atom is 0.328 e. The molecule has 1 aliphatic rings. The van der Waals surface area contributed by atoms with E-state index in [1.807, 2.05) is 18.2 Å². The normalized spacial score (nSPS) is 15.3. The average molecular weight is 426 g/mol. The summed E-state index contributed by atoms with van der Waals surface area (Å²) in [7, 11) is 0. The van der Waals surface area contributed by atoms with Gasteiger partial charge in [0.15, 0.2) is 0 Å². The van der Waals surface area contributed by atoms with Crippen molar-refractivity contribution >= 4 is 39.9 Å². The monoisotopic (exact) mass is 426 g/mol. The molecule has 0 saturated heterocycles. The third-order valence-corrected chi connectivity index (χ3v) is 5.50. The number of aromatic nitrogens is 1. The van der Waals surface area contributed by atoms with E-state index >= 15 is 0 Å². The highest BCUT2D eigenvalue weighted by molar-refractivity contribution is 7.09. The van der Waals surface area contributed by atoms with Crippen LogP contribution in [0.2, 0.25) is 0 Å². The van der Waals surface area contributed by atoms with E-state index in [1.54, 1.807) is 11.3 Å². The topological polar surface area (TPSA) is 120 Å². The predicted molar refractivity (Wildman–Crippen MR) is 116 cm³/mol. The molecule has 2 aromatic heterocycles. The van der Waals surface area contributed by atoms with Crippen LogP contribution in [0.4, 0.5) is 5.69 Å². The summed E-state index contributed by atoms with van der Waals surface area (Å²) in [6, 6.07) is 12.4.